The average molecular weight is 131 g/mol. The molecule has 0 aliphatic carbocycles. The van der Waals surface area contributed by atoms with E-state index in [1.807, 2.05) is 13.3 Å². The van der Waals surface area contributed by atoms with Gasteiger partial charge in [-0.25, -0.2) is 0 Å². The predicted molar refractivity (Wildman–Crippen MR) is 40.8 cm³/mol. The van der Waals surface area contributed by atoms with Crippen molar-refractivity contribution in [1.29, 1.82) is 0 Å². The topological polar surface area (TPSA) is 3.01 Å². The fourth-order valence-electron chi connectivity index (χ4n) is 0.288. The van der Waals surface area contributed by atoms with E-state index in [-0.39, 0.29) is 10.5 Å². The summed E-state index contributed by atoms with van der Waals surface area (Å²) >= 11 is 0. The summed E-state index contributed by atoms with van der Waals surface area (Å²) in [6.45, 7) is 4.10. The zero-order valence-electron chi connectivity index (χ0n) is 5.93. The van der Waals surface area contributed by atoms with Gasteiger partial charge in [-0.2, -0.15) is 10.5 Å². The molecule has 0 saturated carbocycles. The first-order chi connectivity index (χ1) is 3.55. The highest BCUT2D eigenvalue weighted by Crippen LogP contribution is 1.76. The van der Waals surface area contributed by atoms with Gasteiger partial charge in [-0.1, -0.05) is 6.26 Å². The van der Waals surface area contributed by atoms with Crippen molar-refractivity contribution in [2.45, 2.75) is 13.8 Å². The standard InChI is InChI=1S/C6H13NS/c1-6(2)7(3)8(4)5/h4H,1-3,5H3. The van der Waals surface area contributed by atoms with Crippen molar-refractivity contribution in [2.75, 3.05) is 13.3 Å². The van der Waals surface area contributed by atoms with Gasteiger partial charge in [-0.05, 0) is 0 Å². The predicted octanol–water partition coefficient (Wildman–Crippen LogP) is 0.862. The van der Waals surface area contributed by atoms with Crippen LogP contribution in [0.15, 0.2) is 0 Å². The molecule has 48 valence electrons. The summed E-state index contributed by atoms with van der Waals surface area (Å²) in [5.41, 5.74) is 6.83. The molecular formula is C6H13NS. The maximum absolute atomic E-state index is 5.57. The Morgan fingerprint density at radius 1 is 1.50 bits per heavy atom. The van der Waals surface area contributed by atoms with Crippen molar-refractivity contribution < 1.29 is 3.98 Å². The molecule has 0 saturated heterocycles. The molecule has 0 bridgehead atoms. The van der Waals surface area contributed by atoms with Crippen LogP contribution in [-0.2, 0) is 10.5 Å². The van der Waals surface area contributed by atoms with Crippen LogP contribution >= 0.6 is 0 Å². The second-order valence-corrected chi connectivity index (χ2v) is 3.56. The Balaban J connectivity index is 4.31. The van der Waals surface area contributed by atoms with Gasteiger partial charge in [0.2, 0.25) is 0 Å². The minimum Gasteiger partial charge on any atom is -0.321 e. The number of nitrogens with zero attached hydrogens (tertiary/aromatic N) is 1. The highest BCUT2D eigenvalue weighted by atomic mass is 32.2. The maximum Gasteiger partial charge on any atom is 0.129 e. The lowest BCUT2D eigenvalue weighted by Gasteiger charge is -2.05. The van der Waals surface area contributed by atoms with Gasteiger partial charge >= 0.3 is 0 Å². The Hall–Kier alpha value is -0.200. The quantitative estimate of drug-likeness (QED) is 0.261. The van der Waals surface area contributed by atoms with Crippen molar-refractivity contribution in [3.05, 3.63) is 0 Å². The lowest BCUT2D eigenvalue weighted by Crippen LogP contribution is -2.10. The third-order valence-electron chi connectivity index (χ3n) is 1.06. The van der Waals surface area contributed by atoms with Crippen LogP contribution in [0.2, 0.25) is 0 Å². The van der Waals surface area contributed by atoms with Crippen LogP contribution in [0.3, 0.4) is 0 Å². The molecule has 0 atom stereocenters. The third kappa shape index (κ3) is 2.20. The van der Waals surface area contributed by atoms with Gasteiger partial charge in [-0.3, -0.25) is 5.69 Å². The number of rotatable bonds is 0. The van der Waals surface area contributed by atoms with Gasteiger partial charge in [0.15, 0.2) is 0 Å². The number of hydrogen-bond acceptors (Lipinski definition) is 1. The Bertz CT molecular complexity index is 167. The lowest BCUT2D eigenvalue weighted by molar-refractivity contribution is -0.312. The second-order valence-electron chi connectivity index (χ2n) is 1.97. The molecular weight excluding hydrogens is 118 g/mol. The van der Waals surface area contributed by atoms with Crippen LogP contribution in [0.25, 0.3) is 0 Å². The smallest absolute Gasteiger partial charge is 0.129 e. The highest BCUT2D eigenvalue weighted by molar-refractivity contribution is 7.79. The molecule has 0 radical (unpaired) electrons. The first-order valence-corrected chi connectivity index (χ1v) is 4.15. The van der Waals surface area contributed by atoms with E-state index < -0.39 is 0 Å². The van der Waals surface area contributed by atoms with E-state index in [1.165, 1.54) is 5.71 Å². The van der Waals surface area contributed by atoms with Gasteiger partial charge in [-0.15, -0.1) is 0 Å². The van der Waals surface area contributed by atoms with Crippen LogP contribution in [-0.4, -0.2) is 23.0 Å². The summed E-state index contributed by atoms with van der Waals surface area (Å²) < 4.78 is 2.06. The monoisotopic (exact) mass is 131 g/mol. The fraction of sp³-hybridized carbons (Fsp3) is 0.667. The molecule has 0 aromatic carbocycles. The van der Waals surface area contributed by atoms with Crippen molar-refractivity contribution in [3.63, 3.8) is 0 Å². The molecule has 0 aliphatic rings. The molecule has 0 spiro atoms. The average Bonchev–Trinajstić information content (AvgIpc) is 1.64. The van der Waals surface area contributed by atoms with Crippen LogP contribution in [0.1, 0.15) is 13.8 Å². The molecule has 0 rings (SSSR count). The van der Waals surface area contributed by atoms with E-state index in [4.69, 9.17) is 5.69 Å². The van der Waals surface area contributed by atoms with E-state index in [2.05, 4.69) is 17.8 Å². The fourth-order valence-corrected chi connectivity index (χ4v) is 0.864. The Kier molecular flexibility index (Phi) is 2.88. The molecule has 0 fully saturated rings. The van der Waals surface area contributed by atoms with Crippen molar-refractivity contribution in [2.24, 2.45) is 0 Å². The summed E-state index contributed by atoms with van der Waals surface area (Å²) in [6, 6.07) is 0. The van der Waals surface area contributed by atoms with Gasteiger partial charge < -0.3 is 3.98 Å². The van der Waals surface area contributed by atoms with Crippen LogP contribution < -0.4 is 0 Å². The third-order valence-corrected chi connectivity index (χ3v) is 2.29. The minimum absolute atomic E-state index is 0.0941. The summed E-state index contributed by atoms with van der Waals surface area (Å²) in [5.74, 6) is 0. The number of hydrogen-bond donors (Lipinski definition) is 0. The molecule has 1 nitrogen and oxygen atoms in total. The molecule has 0 aromatic rings. The van der Waals surface area contributed by atoms with Gasteiger partial charge in [0.25, 0.3) is 0 Å². The second kappa shape index (κ2) is 2.95. The minimum atomic E-state index is -0.0941. The largest absolute Gasteiger partial charge is 0.321 e. The maximum atomic E-state index is 5.57. The van der Waals surface area contributed by atoms with E-state index in [1.54, 1.807) is 0 Å². The first kappa shape index (κ1) is 7.80. The Morgan fingerprint density at radius 2 is 1.88 bits per heavy atom. The van der Waals surface area contributed by atoms with E-state index in [9.17, 15) is 0 Å². The van der Waals surface area contributed by atoms with Crippen LogP contribution in [0.5, 0.6) is 0 Å². The van der Waals surface area contributed by atoms with E-state index >= 15 is 0 Å². The highest BCUT2D eigenvalue weighted by Gasteiger charge is 1.84. The van der Waals surface area contributed by atoms with Crippen LogP contribution in [0, 0.1) is 5.69 Å². The SMILES string of the molecule is C#[S-](C)[N+](C)=C(C)C. The summed E-state index contributed by atoms with van der Waals surface area (Å²) in [6.07, 6.45) is 1.99. The molecule has 0 aliphatic heterocycles. The zero-order chi connectivity index (χ0) is 6.73. The van der Waals surface area contributed by atoms with Crippen molar-refractivity contribution in [1.82, 2.24) is 0 Å². The normalized spacial score (nSPS) is 9.50. The zero-order valence-corrected chi connectivity index (χ0v) is 6.75. The van der Waals surface area contributed by atoms with Crippen molar-refractivity contribution in [3.8, 4) is 5.69 Å². The van der Waals surface area contributed by atoms with Crippen LogP contribution in [0.4, 0.5) is 0 Å². The molecule has 8 heavy (non-hydrogen) atoms. The molecule has 0 heterocycles. The molecule has 0 aromatic heterocycles. The first-order valence-electron chi connectivity index (χ1n) is 2.50. The lowest BCUT2D eigenvalue weighted by atomic mass is 10.5. The van der Waals surface area contributed by atoms with E-state index in [0.717, 1.165) is 0 Å². The van der Waals surface area contributed by atoms with Crippen molar-refractivity contribution >= 4 is 16.2 Å². The van der Waals surface area contributed by atoms with Gasteiger partial charge in [0.05, 0.1) is 0 Å². The summed E-state index contributed by atoms with van der Waals surface area (Å²) in [4.78, 5) is 0. The molecule has 0 N–H and O–H groups in total. The van der Waals surface area contributed by atoms with Gasteiger partial charge in [0.1, 0.15) is 12.8 Å². The summed E-state index contributed by atoms with van der Waals surface area (Å²) in [7, 11) is 1.90. The van der Waals surface area contributed by atoms with E-state index in [0.29, 0.717) is 0 Å². The Morgan fingerprint density at radius 3 is 1.88 bits per heavy atom. The van der Waals surface area contributed by atoms with Gasteiger partial charge in [0, 0.05) is 13.8 Å². The molecule has 2 heteroatoms. The Labute approximate surface area is 53.7 Å². The molecule has 0 unspecified atom stereocenters. The molecule has 0 amide bonds. The summed E-state index contributed by atoms with van der Waals surface area (Å²) in [5, 5.41) is 0.